The third kappa shape index (κ3) is 2.42. The topological polar surface area (TPSA) is 58.6 Å². The van der Waals surface area contributed by atoms with Crippen LogP contribution in [-0.2, 0) is 0 Å². The van der Waals surface area contributed by atoms with Gasteiger partial charge in [-0.1, -0.05) is 0 Å². The molecule has 17 heavy (non-hydrogen) atoms. The second-order valence-electron chi connectivity index (χ2n) is 4.31. The fourth-order valence-electron chi connectivity index (χ4n) is 2.34. The first-order chi connectivity index (χ1) is 8.26. The molecule has 2 N–H and O–H groups in total. The van der Waals surface area contributed by atoms with E-state index in [1.54, 1.807) is 6.07 Å². The number of phenolic OH excluding ortho intramolecular Hbond substituents is 1. The molecule has 0 aliphatic carbocycles. The SMILES string of the molecule is COc1cc(C2CCCNC2)c(C=O)cc1O. The predicted octanol–water partition coefficient (Wildman–Crippen LogP) is 1.68. The van der Waals surface area contributed by atoms with Gasteiger partial charge in [-0.25, -0.2) is 0 Å². The van der Waals surface area contributed by atoms with Gasteiger partial charge in [-0.05, 0) is 43.0 Å². The molecule has 0 aromatic heterocycles. The lowest BCUT2D eigenvalue weighted by atomic mass is 9.88. The Labute approximate surface area is 101 Å². The van der Waals surface area contributed by atoms with Crippen LogP contribution in [0, 0.1) is 0 Å². The first-order valence-electron chi connectivity index (χ1n) is 5.83. The molecular formula is C13H17NO3. The third-order valence-corrected chi connectivity index (χ3v) is 3.25. The first-order valence-corrected chi connectivity index (χ1v) is 5.83. The molecule has 1 atom stereocenters. The zero-order valence-corrected chi connectivity index (χ0v) is 9.90. The molecule has 4 heteroatoms. The normalized spacial score (nSPS) is 19.9. The number of piperidine rings is 1. The van der Waals surface area contributed by atoms with Crippen LogP contribution in [0.3, 0.4) is 0 Å². The van der Waals surface area contributed by atoms with Gasteiger partial charge in [-0.2, -0.15) is 0 Å². The maximum Gasteiger partial charge on any atom is 0.160 e. The Morgan fingerprint density at radius 1 is 1.53 bits per heavy atom. The zero-order valence-electron chi connectivity index (χ0n) is 9.90. The van der Waals surface area contributed by atoms with Crippen molar-refractivity contribution in [3.8, 4) is 11.5 Å². The molecule has 1 heterocycles. The van der Waals surface area contributed by atoms with E-state index in [1.165, 1.54) is 13.2 Å². The summed E-state index contributed by atoms with van der Waals surface area (Å²) in [5.74, 6) is 0.761. The fraction of sp³-hybridized carbons (Fsp3) is 0.462. The molecule has 1 unspecified atom stereocenters. The summed E-state index contributed by atoms with van der Waals surface area (Å²) in [4.78, 5) is 11.0. The lowest BCUT2D eigenvalue weighted by molar-refractivity contribution is 0.112. The van der Waals surface area contributed by atoms with Crippen LogP contribution in [0.4, 0.5) is 0 Å². The van der Waals surface area contributed by atoms with Gasteiger partial charge in [0.15, 0.2) is 11.5 Å². The van der Waals surface area contributed by atoms with Crippen LogP contribution in [0.5, 0.6) is 11.5 Å². The number of rotatable bonds is 3. The van der Waals surface area contributed by atoms with Crippen molar-refractivity contribution < 1.29 is 14.6 Å². The number of methoxy groups -OCH3 is 1. The summed E-state index contributed by atoms with van der Waals surface area (Å²) in [6.07, 6.45) is 2.96. The number of hydrogen-bond donors (Lipinski definition) is 2. The molecule has 0 saturated carbocycles. The summed E-state index contributed by atoms with van der Waals surface area (Å²) < 4.78 is 5.09. The van der Waals surface area contributed by atoms with E-state index in [0.717, 1.165) is 37.8 Å². The van der Waals surface area contributed by atoms with Crippen LogP contribution in [-0.4, -0.2) is 31.6 Å². The summed E-state index contributed by atoms with van der Waals surface area (Å²) >= 11 is 0. The van der Waals surface area contributed by atoms with Crippen LogP contribution in [0.2, 0.25) is 0 Å². The standard InChI is InChI=1S/C13H17NO3/c1-17-13-6-11(9-3-2-4-14-7-9)10(8-15)5-12(13)16/h5-6,8-9,14,16H,2-4,7H2,1H3. The van der Waals surface area contributed by atoms with Gasteiger partial charge in [0.2, 0.25) is 0 Å². The van der Waals surface area contributed by atoms with E-state index >= 15 is 0 Å². The minimum absolute atomic E-state index is 0.0159. The van der Waals surface area contributed by atoms with Crippen molar-refractivity contribution in [1.29, 1.82) is 0 Å². The van der Waals surface area contributed by atoms with Crippen LogP contribution in [0.1, 0.15) is 34.7 Å². The highest BCUT2D eigenvalue weighted by Crippen LogP contribution is 2.34. The monoisotopic (exact) mass is 235 g/mol. The van der Waals surface area contributed by atoms with Gasteiger partial charge >= 0.3 is 0 Å². The Morgan fingerprint density at radius 2 is 2.35 bits per heavy atom. The highest BCUT2D eigenvalue weighted by molar-refractivity contribution is 5.79. The molecule has 0 radical (unpaired) electrons. The van der Waals surface area contributed by atoms with Gasteiger partial charge in [0.05, 0.1) is 7.11 Å². The number of ether oxygens (including phenoxy) is 1. The van der Waals surface area contributed by atoms with E-state index in [0.29, 0.717) is 17.2 Å². The number of benzene rings is 1. The van der Waals surface area contributed by atoms with Crippen LogP contribution in [0.15, 0.2) is 12.1 Å². The minimum atomic E-state index is 0.0159. The van der Waals surface area contributed by atoms with E-state index in [1.807, 2.05) is 0 Å². The Hall–Kier alpha value is -1.55. The first kappa shape index (κ1) is 11.9. The van der Waals surface area contributed by atoms with Crippen molar-refractivity contribution in [2.75, 3.05) is 20.2 Å². The van der Waals surface area contributed by atoms with E-state index in [4.69, 9.17) is 4.74 Å². The van der Waals surface area contributed by atoms with Crippen molar-refractivity contribution in [1.82, 2.24) is 5.32 Å². The Kier molecular flexibility index (Phi) is 3.64. The third-order valence-electron chi connectivity index (χ3n) is 3.25. The molecule has 1 aromatic rings. The summed E-state index contributed by atoms with van der Waals surface area (Å²) in [7, 11) is 1.51. The Balaban J connectivity index is 2.39. The summed E-state index contributed by atoms with van der Waals surface area (Å²) in [5.41, 5.74) is 1.51. The zero-order chi connectivity index (χ0) is 12.3. The maximum atomic E-state index is 11.0. The van der Waals surface area contributed by atoms with Gasteiger partial charge in [0.1, 0.15) is 6.29 Å². The molecule has 1 fully saturated rings. The van der Waals surface area contributed by atoms with Gasteiger partial charge in [0, 0.05) is 12.1 Å². The number of aldehydes is 1. The van der Waals surface area contributed by atoms with Crippen molar-refractivity contribution in [2.45, 2.75) is 18.8 Å². The molecule has 1 aliphatic rings. The molecule has 1 aromatic carbocycles. The molecule has 2 rings (SSSR count). The molecule has 92 valence electrons. The maximum absolute atomic E-state index is 11.0. The summed E-state index contributed by atoms with van der Waals surface area (Å²) in [6.45, 7) is 1.90. The van der Waals surface area contributed by atoms with Gasteiger partial charge in [-0.3, -0.25) is 4.79 Å². The number of nitrogens with one attached hydrogen (secondary N) is 1. The Morgan fingerprint density at radius 3 is 2.94 bits per heavy atom. The largest absolute Gasteiger partial charge is 0.504 e. The van der Waals surface area contributed by atoms with Crippen LogP contribution in [0.25, 0.3) is 0 Å². The quantitative estimate of drug-likeness (QED) is 0.783. The summed E-state index contributed by atoms with van der Waals surface area (Å²) in [6, 6.07) is 3.26. The predicted molar refractivity (Wildman–Crippen MR) is 64.9 cm³/mol. The van der Waals surface area contributed by atoms with Crippen molar-refractivity contribution in [3.05, 3.63) is 23.3 Å². The van der Waals surface area contributed by atoms with Gasteiger partial charge < -0.3 is 15.2 Å². The molecule has 0 amide bonds. The van der Waals surface area contributed by atoms with E-state index < -0.39 is 0 Å². The number of hydrogen-bond acceptors (Lipinski definition) is 4. The van der Waals surface area contributed by atoms with Crippen molar-refractivity contribution in [2.24, 2.45) is 0 Å². The van der Waals surface area contributed by atoms with Crippen molar-refractivity contribution in [3.63, 3.8) is 0 Å². The molecule has 1 saturated heterocycles. The van der Waals surface area contributed by atoms with E-state index in [2.05, 4.69) is 5.32 Å². The number of aromatic hydroxyl groups is 1. The van der Waals surface area contributed by atoms with Crippen LogP contribution >= 0.6 is 0 Å². The molecule has 0 spiro atoms. The average molecular weight is 235 g/mol. The number of carbonyl (C=O) groups excluding carboxylic acids is 1. The van der Waals surface area contributed by atoms with Gasteiger partial charge in [-0.15, -0.1) is 0 Å². The molecular weight excluding hydrogens is 218 g/mol. The lowest BCUT2D eigenvalue weighted by Gasteiger charge is -2.24. The molecule has 4 nitrogen and oxygen atoms in total. The number of carbonyl (C=O) groups is 1. The highest BCUT2D eigenvalue weighted by Gasteiger charge is 2.20. The number of phenols is 1. The highest BCUT2D eigenvalue weighted by atomic mass is 16.5. The molecule has 0 bridgehead atoms. The van der Waals surface area contributed by atoms with E-state index in [-0.39, 0.29) is 5.75 Å². The second-order valence-corrected chi connectivity index (χ2v) is 4.31. The Bertz CT molecular complexity index is 411. The lowest BCUT2D eigenvalue weighted by Crippen LogP contribution is -2.28. The molecule has 1 aliphatic heterocycles. The van der Waals surface area contributed by atoms with Gasteiger partial charge in [0.25, 0.3) is 0 Å². The fourth-order valence-corrected chi connectivity index (χ4v) is 2.34. The summed E-state index contributed by atoms with van der Waals surface area (Å²) in [5, 5.41) is 13.0. The second kappa shape index (κ2) is 5.19. The average Bonchev–Trinajstić information content (AvgIpc) is 2.39. The van der Waals surface area contributed by atoms with Crippen molar-refractivity contribution >= 4 is 6.29 Å². The van der Waals surface area contributed by atoms with E-state index in [9.17, 15) is 9.90 Å². The van der Waals surface area contributed by atoms with Crippen LogP contribution < -0.4 is 10.1 Å². The smallest absolute Gasteiger partial charge is 0.160 e. The minimum Gasteiger partial charge on any atom is -0.504 e.